The SMILES string of the molecule is COc1ccc(-c2nn(-c3ccc(F)cc3)c(-c3ccc(OC)cc3)c2Cl)cc1. The van der Waals surface area contributed by atoms with Crippen molar-refractivity contribution in [2.24, 2.45) is 0 Å². The summed E-state index contributed by atoms with van der Waals surface area (Å²) < 4.78 is 25.7. The van der Waals surface area contributed by atoms with Gasteiger partial charge in [-0.3, -0.25) is 0 Å². The highest BCUT2D eigenvalue weighted by molar-refractivity contribution is 6.35. The fourth-order valence-electron chi connectivity index (χ4n) is 3.10. The summed E-state index contributed by atoms with van der Waals surface area (Å²) in [5, 5.41) is 5.25. The van der Waals surface area contributed by atoms with Gasteiger partial charge in [0.05, 0.1) is 30.6 Å². The van der Waals surface area contributed by atoms with Crippen LogP contribution in [-0.2, 0) is 0 Å². The number of ether oxygens (including phenoxy) is 2. The quantitative estimate of drug-likeness (QED) is 0.405. The highest BCUT2D eigenvalue weighted by Crippen LogP contribution is 2.38. The van der Waals surface area contributed by atoms with Gasteiger partial charge in [0.15, 0.2) is 0 Å². The second-order valence-electron chi connectivity index (χ2n) is 6.36. The molecular weight excluding hydrogens is 391 g/mol. The van der Waals surface area contributed by atoms with Crippen molar-refractivity contribution in [1.82, 2.24) is 9.78 Å². The molecule has 29 heavy (non-hydrogen) atoms. The molecule has 0 N–H and O–H groups in total. The van der Waals surface area contributed by atoms with Gasteiger partial charge < -0.3 is 9.47 Å². The molecule has 0 spiro atoms. The molecule has 0 aliphatic heterocycles. The van der Waals surface area contributed by atoms with Crippen LogP contribution in [-0.4, -0.2) is 24.0 Å². The second kappa shape index (κ2) is 7.97. The van der Waals surface area contributed by atoms with E-state index in [-0.39, 0.29) is 5.82 Å². The monoisotopic (exact) mass is 408 g/mol. The van der Waals surface area contributed by atoms with Crippen LogP contribution in [0.1, 0.15) is 0 Å². The minimum atomic E-state index is -0.312. The summed E-state index contributed by atoms with van der Waals surface area (Å²) in [6.45, 7) is 0. The molecule has 0 saturated heterocycles. The van der Waals surface area contributed by atoms with Gasteiger partial charge in [-0.1, -0.05) is 11.6 Å². The van der Waals surface area contributed by atoms with Crippen molar-refractivity contribution in [3.05, 3.63) is 83.6 Å². The van der Waals surface area contributed by atoms with Crippen molar-refractivity contribution < 1.29 is 13.9 Å². The largest absolute Gasteiger partial charge is 0.497 e. The molecule has 0 aliphatic carbocycles. The van der Waals surface area contributed by atoms with Gasteiger partial charge in [0.1, 0.15) is 23.0 Å². The summed E-state index contributed by atoms with van der Waals surface area (Å²) in [5.41, 5.74) is 3.77. The predicted molar refractivity (Wildman–Crippen MR) is 113 cm³/mol. The number of hydrogen-bond donors (Lipinski definition) is 0. The summed E-state index contributed by atoms with van der Waals surface area (Å²) in [6.07, 6.45) is 0. The van der Waals surface area contributed by atoms with Crippen LogP contribution < -0.4 is 9.47 Å². The minimum absolute atomic E-state index is 0.312. The number of methoxy groups -OCH3 is 2. The van der Waals surface area contributed by atoms with E-state index in [9.17, 15) is 4.39 Å². The molecule has 1 heterocycles. The molecule has 146 valence electrons. The van der Waals surface area contributed by atoms with Crippen molar-refractivity contribution in [3.8, 4) is 39.7 Å². The van der Waals surface area contributed by atoms with E-state index in [1.54, 1.807) is 31.0 Å². The lowest BCUT2D eigenvalue weighted by Crippen LogP contribution is -1.99. The summed E-state index contributed by atoms with van der Waals surface area (Å²) in [6, 6.07) is 21.2. The normalized spacial score (nSPS) is 10.8. The van der Waals surface area contributed by atoms with E-state index in [1.807, 2.05) is 48.5 Å². The van der Waals surface area contributed by atoms with Gasteiger partial charge in [0, 0.05) is 11.1 Å². The lowest BCUT2D eigenvalue weighted by Gasteiger charge is -2.09. The maximum absolute atomic E-state index is 13.4. The molecule has 4 nitrogen and oxygen atoms in total. The molecule has 4 rings (SSSR count). The number of rotatable bonds is 5. The Morgan fingerprint density at radius 2 is 1.28 bits per heavy atom. The van der Waals surface area contributed by atoms with E-state index >= 15 is 0 Å². The van der Waals surface area contributed by atoms with Crippen LogP contribution in [0.5, 0.6) is 11.5 Å². The number of benzene rings is 3. The Labute approximate surface area is 173 Å². The fourth-order valence-corrected chi connectivity index (χ4v) is 3.44. The Kier molecular flexibility index (Phi) is 5.23. The summed E-state index contributed by atoms with van der Waals surface area (Å²) >= 11 is 6.81. The van der Waals surface area contributed by atoms with Gasteiger partial charge in [-0.2, -0.15) is 5.10 Å². The van der Waals surface area contributed by atoms with Crippen LogP contribution in [0.4, 0.5) is 4.39 Å². The summed E-state index contributed by atoms with van der Waals surface area (Å²) in [7, 11) is 3.24. The van der Waals surface area contributed by atoms with Crippen molar-refractivity contribution in [1.29, 1.82) is 0 Å². The first kappa shape index (κ1) is 19.0. The molecule has 0 saturated carbocycles. The number of hydrogen-bond acceptors (Lipinski definition) is 3. The second-order valence-corrected chi connectivity index (χ2v) is 6.73. The summed E-state index contributed by atoms with van der Waals surface area (Å²) in [5.74, 6) is 1.18. The van der Waals surface area contributed by atoms with Gasteiger partial charge in [-0.25, -0.2) is 9.07 Å². The first-order chi connectivity index (χ1) is 14.1. The maximum atomic E-state index is 13.4. The van der Waals surface area contributed by atoms with E-state index in [0.29, 0.717) is 22.1 Å². The van der Waals surface area contributed by atoms with E-state index in [2.05, 4.69) is 0 Å². The fraction of sp³-hybridized carbons (Fsp3) is 0.0870. The standard InChI is InChI=1S/C23H18ClFN2O2/c1-28-19-11-3-15(4-12-19)22-21(24)23(16-5-13-20(29-2)14-6-16)27(26-22)18-9-7-17(25)8-10-18/h3-14H,1-2H3. The van der Waals surface area contributed by atoms with E-state index < -0.39 is 0 Å². The van der Waals surface area contributed by atoms with Crippen LogP contribution >= 0.6 is 11.6 Å². The molecule has 0 fully saturated rings. The molecule has 0 bridgehead atoms. The van der Waals surface area contributed by atoms with Crippen LogP contribution in [0.15, 0.2) is 72.8 Å². The van der Waals surface area contributed by atoms with Crippen LogP contribution in [0.2, 0.25) is 5.02 Å². The Morgan fingerprint density at radius 3 is 1.79 bits per heavy atom. The van der Waals surface area contributed by atoms with Crippen molar-refractivity contribution in [3.63, 3.8) is 0 Å². The molecule has 0 atom stereocenters. The molecule has 1 aromatic heterocycles. The predicted octanol–water partition coefficient (Wildman–Crippen LogP) is 6.02. The van der Waals surface area contributed by atoms with Crippen molar-refractivity contribution in [2.75, 3.05) is 14.2 Å². The number of aromatic nitrogens is 2. The molecule has 0 amide bonds. The van der Waals surface area contributed by atoms with Gasteiger partial charge in [0.25, 0.3) is 0 Å². The third-order valence-corrected chi connectivity index (χ3v) is 4.98. The average Bonchev–Trinajstić information content (AvgIpc) is 3.11. The molecule has 6 heteroatoms. The minimum Gasteiger partial charge on any atom is -0.497 e. The topological polar surface area (TPSA) is 36.3 Å². The first-order valence-electron chi connectivity index (χ1n) is 8.94. The summed E-state index contributed by atoms with van der Waals surface area (Å²) in [4.78, 5) is 0. The van der Waals surface area contributed by atoms with Crippen LogP contribution in [0, 0.1) is 5.82 Å². The molecule has 0 unspecified atom stereocenters. The Morgan fingerprint density at radius 1 is 0.759 bits per heavy atom. The zero-order valence-electron chi connectivity index (χ0n) is 15.9. The van der Waals surface area contributed by atoms with E-state index in [0.717, 1.165) is 22.6 Å². The average molecular weight is 409 g/mol. The zero-order chi connectivity index (χ0) is 20.4. The molecule has 0 aliphatic rings. The number of halogens is 2. The van der Waals surface area contributed by atoms with Gasteiger partial charge in [-0.05, 0) is 72.8 Å². The van der Waals surface area contributed by atoms with E-state index in [1.165, 1.54) is 12.1 Å². The smallest absolute Gasteiger partial charge is 0.123 e. The van der Waals surface area contributed by atoms with Crippen molar-refractivity contribution in [2.45, 2.75) is 0 Å². The highest BCUT2D eigenvalue weighted by Gasteiger charge is 2.20. The maximum Gasteiger partial charge on any atom is 0.123 e. The lowest BCUT2D eigenvalue weighted by molar-refractivity contribution is 0.414. The van der Waals surface area contributed by atoms with Crippen LogP contribution in [0.25, 0.3) is 28.2 Å². The first-order valence-corrected chi connectivity index (χ1v) is 9.32. The van der Waals surface area contributed by atoms with Gasteiger partial charge in [-0.15, -0.1) is 0 Å². The zero-order valence-corrected chi connectivity index (χ0v) is 16.7. The third-order valence-electron chi connectivity index (χ3n) is 4.63. The Bertz CT molecular complexity index is 1120. The lowest BCUT2D eigenvalue weighted by atomic mass is 10.1. The molecule has 0 radical (unpaired) electrons. The molecule has 3 aromatic carbocycles. The van der Waals surface area contributed by atoms with E-state index in [4.69, 9.17) is 26.2 Å². The highest BCUT2D eigenvalue weighted by atomic mass is 35.5. The number of nitrogens with zero attached hydrogens (tertiary/aromatic N) is 2. The van der Waals surface area contributed by atoms with Gasteiger partial charge >= 0.3 is 0 Å². The third kappa shape index (κ3) is 3.69. The molecule has 4 aromatic rings. The van der Waals surface area contributed by atoms with Crippen LogP contribution in [0.3, 0.4) is 0 Å². The van der Waals surface area contributed by atoms with Crippen molar-refractivity contribution >= 4 is 11.6 Å². The van der Waals surface area contributed by atoms with Gasteiger partial charge in [0.2, 0.25) is 0 Å². The molecular formula is C23H18ClFN2O2. The Hall–Kier alpha value is -3.31. The Balaban J connectivity index is 1.90.